The zero-order chi connectivity index (χ0) is 15.6. The Morgan fingerprint density at radius 1 is 1.48 bits per heavy atom. The SMILES string of the molecule is Cn1ncc(C(N)=NO)c1NC(=O)c1ccc(Cl)cc1O. The summed E-state index contributed by atoms with van der Waals surface area (Å²) in [6.07, 6.45) is 1.34. The lowest BCUT2D eigenvalue weighted by Gasteiger charge is -2.09. The Morgan fingerprint density at radius 3 is 2.81 bits per heavy atom. The number of hydrogen-bond acceptors (Lipinski definition) is 5. The van der Waals surface area contributed by atoms with Gasteiger partial charge in [-0.05, 0) is 18.2 Å². The Kier molecular flexibility index (Phi) is 3.99. The first-order chi connectivity index (χ1) is 9.93. The molecule has 110 valence electrons. The number of oxime groups is 1. The summed E-state index contributed by atoms with van der Waals surface area (Å²) < 4.78 is 1.35. The van der Waals surface area contributed by atoms with Crippen LogP contribution in [-0.4, -0.2) is 31.8 Å². The molecule has 2 rings (SSSR count). The lowest BCUT2D eigenvalue weighted by molar-refractivity contribution is 0.102. The summed E-state index contributed by atoms with van der Waals surface area (Å²) >= 11 is 5.71. The number of phenolic OH excluding ortho intramolecular Hbond substituents is 1. The third kappa shape index (κ3) is 2.90. The Hall–Kier alpha value is -2.74. The van der Waals surface area contributed by atoms with E-state index in [2.05, 4.69) is 15.6 Å². The maximum Gasteiger partial charge on any atom is 0.260 e. The first-order valence-corrected chi connectivity index (χ1v) is 6.11. The van der Waals surface area contributed by atoms with E-state index in [1.54, 1.807) is 7.05 Å². The summed E-state index contributed by atoms with van der Waals surface area (Å²) in [6.45, 7) is 0. The van der Waals surface area contributed by atoms with Crippen molar-refractivity contribution in [3.05, 3.63) is 40.5 Å². The Bertz CT molecular complexity index is 726. The van der Waals surface area contributed by atoms with Gasteiger partial charge in [0.15, 0.2) is 5.84 Å². The molecular weight excluding hydrogens is 298 g/mol. The van der Waals surface area contributed by atoms with Crippen molar-refractivity contribution in [2.75, 3.05) is 5.32 Å². The number of nitrogens with two attached hydrogens (primary N) is 1. The summed E-state index contributed by atoms with van der Waals surface area (Å²) in [5.41, 5.74) is 5.79. The van der Waals surface area contributed by atoms with Gasteiger partial charge in [-0.2, -0.15) is 5.10 Å². The van der Waals surface area contributed by atoms with E-state index in [1.165, 1.54) is 29.1 Å². The summed E-state index contributed by atoms with van der Waals surface area (Å²) in [7, 11) is 1.57. The normalized spacial score (nSPS) is 11.4. The molecule has 0 saturated carbocycles. The molecule has 0 aliphatic carbocycles. The number of carbonyl (C=O) groups is 1. The van der Waals surface area contributed by atoms with Gasteiger partial charge < -0.3 is 21.4 Å². The highest BCUT2D eigenvalue weighted by molar-refractivity contribution is 6.31. The van der Waals surface area contributed by atoms with Crippen molar-refractivity contribution < 1.29 is 15.1 Å². The Balaban J connectivity index is 2.34. The zero-order valence-electron chi connectivity index (χ0n) is 10.9. The third-order valence-corrected chi connectivity index (χ3v) is 2.99. The average molecular weight is 310 g/mol. The fourth-order valence-electron chi connectivity index (χ4n) is 1.70. The van der Waals surface area contributed by atoms with E-state index in [0.29, 0.717) is 5.02 Å². The molecule has 0 bridgehead atoms. The van der Waals surface area contributed by atoms with Crippen molar-refractivity contribution in [2.45, 2.75) is 0 Å². The van der Waals surface area contributed by atoms with E-state index >= 15 is 0 Å². The number of hydrogen-bond donors (Lipinski definition) is 4. The first kappa shape index (κ1) is 14.7. The summed E-state index contributed by atoms with van der Waals surface area (Å²) in [5.74, 6) is -0.810. The van der Waals surface area contributed by atoms with Gasteiger partial charge in [-0.1, -0.05) is 16.8 Å². The molecule has 0 saturated heterocycles. The van der Waals surface area contributed by atoms with Gasteiger partial charge in [0.1, 0.15) is 11.6 Å². The van der Waals surface area contributed by atoms with Crippen LogP contribution < -0.4 is 11.1 Å². The minimum absolute atomic E-state index is 0.0334. The van der Waals surface area contributed by atoms with Crippen LogP contribution in [0, 0.1) is 0 Å². The van der Waals surface area contributed by atoms with E-state index in [0.717, 1.165) is 0 Å². The van der Waals surface area contributed by atoms with Crippen LogP contribution in [0.4, 0.5) is 5.82 Å². The molecule has 9 heteroatoms. The van der Waals surface area contributed by atoms with Crippen molar-refractivity contribution in [2.24, 2.45) is 17.9 Å². The molecule has 1 heterocycles. The van der Waals surface area contributed by atoms with Gasteiger partial charge in [-0.3, -0.25) is 9.48 Å². The minimum Gasteiger partial charge on any atom is -0.507 e. The molecule has 2 aromatic rings. The molecule has 0 unspecified atom stereocenters. The van der Waals surface area contributed by atoms with Crippen molar-refractivity contribution in [3.63, 3.8) is 0 Å². The molecule has 0 aliphatic heterocycles. The molecule has 1 aromatic carbocycles. The molecule has 0 fully saturated rings. The lowest BCUT2D eigenvalue weighted by atomic mass is 10.2. The quantitative estimate of drug-likeness (QED) is 0.292. The van der Waals surface area contributed by atoms with Crippen LogP contribution in [0.15, 0.2) is 29.6 Å². The maximum absolute atomic E-state index is 12.2. The van der Waals surface area contributed by atoms with E-state index in [4.69, 9.17) is 22.5 Å². The van der Waals surface area contributed by atoms with Crippen LogP contribution in [0.25, 0.3) is 0 Å². The number of anilines is 1. The molecule has 0 aliphatic rings. The number of aromatic nitrogens is 2. The second-order valence-electron chi connectivity index (χ2n) is 4.13. The number of aryl methyl sites for hydroxylation is 1. The number of amides is 1. The Morgan fingerprint density at radius 2 is 2.19 bits per heavy atom. The van der Waals surface area contributed by atoms with Crippen LogP contribution in [0.3, 0.4) is 0 Å². The van der Waals surface area contributed by atoms with Crippen LogP contribution >= 0.6 is 11.6 Å². The smallest absolute Gasteiger partial charge is 0.260 e. The van der Waals surface area contributed by atoms with Crippen molar-refractivity contribution in [1.82, 2.24) is 9.78 Å². The molecule has 0 radical (unpaired) electrons. The van der Waals surface area contributed by atoms with Crippen molar-refractivity contribution >= 4 is 29.2 Å². The van der Waals surface area contributed by atoms with Crippen LogP contribution in [-0.2, 0) is 7.05 Å². The highest BCUT2D eigenvalue weighted by atomic mass is 35.5. The maximum atomic E-state index is 12.2. The van der Waals surface area contributed by atoms with Crippen LogP contribution in [0.1, 0.15) is 15.9 Å². The molecule has 1 aromatic heterocycles. The highest BCUT2D eigenvalue weighted by Crippen LogP contribution is 2.23. The van der Waals surface area contributed by atoms with Gasteiger partial charge >= 0.3 is 0 Å². The van der Waals surface area contributed by atoms with Crippen molar-refractivity contribution in [3.8, 4) is 5.75 Å². The average Bonchev–Trinajstić information content (AvgIpc) is 2.79. The standard InChI is InChI=1S/C12H12ClN5O3/c1-18-11(8(5-15-18)10(14)17-21)16-12(20)7-3-2-6(13)4-9(7)19/h2-5,19,21H,1H3,(H2,14,17)(H,16,20). The molecule has 0 atom stereocenters. The van der Waals surface area contributed by atoms with Crippen LogP contribution in [0.2, 0.25) is 5.02 Å². The number of nitrogens with one attached hydrogen (secondary N) is 1. The first-order valence-electron chi connectivity index (χ1n) is 5.73. The molecule has 0 spiro atoms. The second kappa shape index (κ2) is 5.71. The zero-order valence-corrected chi connectivity index (χ0v) is 11.7. The number of carbonyl (C=O) groups excluding carboxylic acids is 1. The van der Waals surface area contributed by atoms with Crippen LogP contribution in [0.5, 0.6) is 5.75 Å². The minimum atomic E-state index is -0.584. The number of rotatable bonds is 3. The molecule has 21 heavy (non-hydrogen) atoms. The number of amidine groups is 1. The fraction of sp³-hybridized carbons (Fsp3) is 0.0833. The summed E-state index contributed by atoms with van der Waals surface area (Å²) in [5, 5.41) is 28.1. The largest absolute Gasteiger partial charge is 0.507 e. The monoisotopic (exact) mass is 309 g/mol. The topological polar surface area (TPSA) is 126 Å². The summed E-state index contributed by atoms with van der Waals surface area (Å²) in [4.78, 5) is 12.2. The van der Waals surface area contributed by atoms with Gasteiger partial charge in [0, 0.05) is 12.1 Å². The van der Waals surface area contributed by atoms with Gasteiger partial charge in [0.2, 0.25) is 0 Å². The fourth-order valence-corrected chi connectivity index (χ4v) is 1.87. The van der Waals surface area contributed by atoms with Gasteiger partial charge in [0.25, 0.3) is 5.91 Å². The number of phenols is 1. The highest BCUT2D eigenvalue weighted by Gasteiger charge is 2.18. The second-order valence-corrected chi connectivity index (χ2v) is 4.57. The van der Waals surface area contributed by atoms with Gasteiger partial charge in [0.05, 0.1) is 17.3 Å². The molecular formula is C12H12ClN5O3. The van der Waals surface area contributed by atoms with E-state index in [9.17, 15) is 9.90 Å². The molecule has 8 nitrogen and oxygen atoms in total. The number of benzene rings is 1. The number of aromatic hydroxyl groups is 1. The molecule has 1 amide bonds. The summed E-state index contributed by atoms with van der Waals surface area (Å²) in [6, 6.07) is 4.11. The lowest BCUT2D eigenvalue weighted by Crippen LogP contribution is -2.20. The van der Waals surface area contributed by atoms with Gasteiger partial charge in [-0.25, -0.2) is 0 Å². The number of halogens is 1. The van der Waals surface area contributed by atoms with E-state index in [1.807, 2.05) is 0 Å². The van der Waals surface area contributed by atoms with Gasteiger partial charge in [-0.15, -0.1) is 0 Å². The number of nitrogens with zero attached hydrogens (tertiary/aromatic N) is 3. The van der Waals surface area contributed by atoms with E-state index in [-0.39, 0.29) is 28.5 Å². The Labute approximate surface area is 124 Å². The third-order valence-electron chi connectivity index (χ3n) is 2.76. The predicted molar refractivity (Wildman–Crippen MR) is 76.8 cm³/mol. The van der Waals surface area contributed by atoms with E-state index < -0.39 is 5.91 Å². The van der Waals surface area contributed by atoms with Crippen molar-refractivity contribution in [1.29, 1.82) is 0 Å². The predicted octanol–water partition coefficient (Wildman–Crippen LogP) is 1.13. The molecule has 5 N–H and O–H groups in total.